The number of methoxy groups -OCH3 is 1. The number of ether oxygens (including phenoxy) is 1. The Balaban J connectivity index is 1.38. The van der Waals surface area contributed by atoms with Crippen molar-refractivity contribution in [2.75, 3.05) is 7.11 Å². The zero-order chi connectivity index (χ0) is 21.5. The minimum absolute atomic E-state index is 0.172. The highest BCUT2D eigenvalue weighted by Gasteiger charge is 2.39. The number of carbonyl (C=O) groups is 3. The van der Waals surface area contributed by atoms with Crippen LogP contribution in [0.15, 0.2) is 29.0 Å². The molecular formula is C23H25N3O5. The Morgan fingerprint density at radius 1 is 1.13 bits per heavy atom. The third kappa shape index (κ3) is 3.54. The zero-order valence-corrected chi connectivity index (χ0v) is 17.4. The largest absolute Gasteiger partial charge is 0.448 e. The standard InChI is InChI=1S/C23H25N3O5/c1-30-16-5-2-13(3-6-16)21-20(24-12-31-21)14-4-7-17-15(10-14)11-26(23(17)29)18-8-9-19(27)25-22(18)28/h4,7,10,12-13,16,18H,2-3,5-6,8-9,11H2,1H3,(H,25,27,28). The maximum atomic E-state index is 12.9. The van der Waals surface area contributed by atoms with Crippen molar-refractivity contribution in [2.45, 2.75) is 63.1 Å². The highest BCUT2D eigenvalue weighted by Crippen LogP contribution is 2.39. The van der Waals surface area contributed by atoms with E-state index in [0.717, 1.165) is 48.3 Å². The smallest absolute Gasteiger partial charge is 0.255 e. The van der Waals surface area contributed by atoms with E-state index in [0.29, 0.717) is 30.6 Å². The van der Waals surface area contributed by atoms with E-state index in [2.05, 4.69) is 10.3 Å². The molecule has 31 heavy (non-hydrogen) atoms. The van der Waals surface area contributed by atoms with Crippen LogP contribution in [0.1, 0.15) is 66.1 Å². The molecule has 0 bridgehead atoms. The fraction of sp³-hybridized carbons (Fsp3) is 0.478. The third-order valence-electron chi connectivity index (χ3n) is 6.77. The summed E-state index contributed by atoms with van der Waals surface area (Å²) in [5.41, 5.74) is 3.19. The number of nitrogens with one attached hydrogen (secondary N) is 1. The molecule has 1 aromatic carbocycles. The molecule has 3 heterocycles. The number of imide groups is 1. The van der Waals surface area contributed by atoms with Gasteiger partial charge in [0.2, 0.25) is 11.8 Å². The van der Waals surface area contributed by atoms with Gasteiger partial charge >= 0.3 is 0 Å². The second-order valence-corrected chi connectivity index (χ2v) is 8.55. The quantitative estimate of drug-likeness (QED) is 0.759. The van der Waals surface area contributed by atoms with Crippen LogP contribution in [0.2, 0.25) is 0 Å². The maximum absolute atomic E-state index is 12.9. The summed E-state index contributed by atoms with van der Waals surface area (Å²) in [7, 11) is 1.76. The van der Waals surface area contributed by atoms with Crippen LogP contribution < -0.4 is 5.32 Å². The molecule has 2 aliphatic heterocycles. The van der Waals surface area contributed by atoms with Crippen LogP contribution in [0, 0.1) is 0 Å². The summed E-state index contributed by atoms with van der Waals surface area (Å²) < 4.78 is 11.3. The number of nitrogens with zero attached hydrogens (tertiary/aromatic N) is 2. The van der Waals surface area contributed by atoms with Crippen LogP contribution in [-0.4, -0.2) is 46.9 Å². The summed E-state index contributed by atoms with van der Waals surface area (Å²) in [6.07, 6.45) is 6.39. The van der Waals surface area contributed by atoms with Crippen molar-refractivity contribution in [1.82, 2.24) is 15.2 Å². The molecule has 1 unspecified atom stereocenters. The Hall–Kier alpha value is -3.00. The lowest BCUT2D eigenvalue weighted by molar-refractivity contribution is -0.136. The van der Waals surface area contributed by atoms with E-state index in [-0.39, 0.29) is 18.2 Å². The monoisotopic (exact) mass is 423 g/mol. The topological polar surface area (TPSA) is 102 Å². The molecule has 1 N–H and O–H groups in total. The van der Waals surface area contributed by atoms with Crippen molar-refractivity contribution >= 4 is 17.7 Å². The lowest BCUT2D eigenvalue weighted by Gasteiger charge is -2.29. The molecule has 1 aromatic heterocycles. The molecule has 1 atom stereocenters. The van der Waals surface area contributed by atoms with Crippen LogP contribution in [0.25, 0.3) is 11.3 Å². The van der Waals surface area contributed by atoms with Crippen LogP contribution in [0.4, 0.5) is 0 Å². The third-order valence-corrected chi connectivity index (χ3v) is 6.77. The minimum Gasteiger partial charge on any atom is -0.448 e. The summed E-state index contributed by atoms with van der Waals surface area (Å²) in [5, 5.41) is 2.34. The number of aromatic nitrogens is 1. The van der Waals surface area contributed by atoms with Gasteiger partial charge in [0, 0.05) is 37.1 Å². The predicted molar refractivity (Wildman–Crippen MR) is 110 cm³/mol. The molecule has 1 saturated heterocycles. The van der Waals surface area contributed by atoms with Crippen molar-refractivity contribution < 1.29 is 23.5 Å². The Morgan fingerprint density at radius 3 is 2.68 bits per heavy atom. The predicted octanol–water partition coefficient (Wildman–Crippen LogP) is 2.78. The van der Waals surface area contributed by atoms with Crippen LogP contribution in [0.5, 0.6) is 0 Å². The van der Waals surface area contributed by atoms with Crippen molar-refractivity contribution in [1.29, 1.82) is 0 Å². The first kappa shape index (κ1) is 19.9. The maximum Gasteiger partial charge on any atom is 0.255 e. The van der Waals surface area contributed by atoms with E-state index >= 15 is 0 Å². The molecular weight excluding hydrogens is 398 g/mol. The summed E-state index contributed by atoms with van der Waals surface area (Å²) in [5.74, 6) is 0.336. The molecule has 1 saturated carbocycles. The van der Waals surface area contributed by atoms with Gasteiger partial charge in [-0.15, -0.1) is 0 Å². The first-order valence-corrected chi connectivity index (χ1v) is 10.8. The van der Waals surface area contributed by atoms with Crippen LogP contribution in [-0.2, 0) is 20.9 Å². The Morgan fingerprint density at radius 2 is 1.94 bits per heavy atom. The molecule has 3 amide bonds. The summed E-state index contributed by atoms with van der Waals surface area (Å²) in [4.78, 5) is 42.6. The fourth-order valence-electron chi connectivity index (χ4n) is 5.04. The number of amides is 3. The molecule has 1 aliphatic carbocycles. The molecule has 0 radical (unpaired) electrons. The molecule has 3 aliphatic rings. The number of rotatable bonds is 4. The van der Waals surface area contributed by atoms with Gasteiger partial charge in [-0.25, -0.2) is 4.98 Å². The van der Waals surface area contributed by atoms with Gasteiger partial charge in [-0.3, -0.25) is 19.7 Å². The van der Waals surface area contributed by atoms with E-state index in [1.807, 2.05) is 12.1 Å². The summed E-state index contributed by atoms with van der Waals surface area (Å²) in [6, 6.07) is 5.06. The highest BCUT2D eigenvalue weighted by molar-refractivity contribution is 6.05. The first-order chi connectivity index (χ1) is 15.0. The van der Waals surface area contributed by atoms with Crippen molar-refractivity contribution in [2.24, 2.45) is 0 Å². The fourth-order valence-corrected chi connectivity index (χ4v) is 5.04. The van der Waals surface area contributed by atoms with E-state index in [4.69, 9.17) is 9.15 Å². The Labute approximate surface area is 180 Å². The van der Waals surface area contributed by atoms with Crippen molar-refractivity contribution in [3.05, 3.63) is 41.5 Å². The molecule has 8 heteroatoms. The second kappa shape index (κ2) is 7.92. The van der Waals surface area contributed by atoms with Gasteiger partial charge in [-0.2, -0.15) is 0 Å². The molecule has 8 nitrogen and oxygen atoms in total. The van der Waals surface area contributed by atoms with Gasteiger partial charge in [0.25, 0.3) is 5.91 Å². The summed E-state index contributed by atoms with van der Waals surface area (Å²) >= 11 is 0. The number of piperidine rings is 1. The average molecular weight is 423 g/mol. The number of carbonyl (C=O) groups excluding carboxylic acids is 3. The Kier molecular flexibility index (Phi) is 5.09. The lowest BCUT2D eigenvalue weighted by atomic mass is 9.84. The number of hydrogen-bond donors (Lipinski definition) is 1. The first-order valence-electron chi connectivity index (χ1n) is 10.8. The average Bonchev–Trinajstić information content (AvgIpc) is 3.39. The van der Waals surface area contributed by atoms with Gasteiger partial charge in [0.05, 0.1) is 6.10 Å². The Bertz CT molecular complexity index is 1040. The van der Waals surface area contributed by atoms with E-state index in [1.165, 1.54) is 6.39 Å². The molecule has 162 valence electrons. The number of oxazole rings is 1. The minimum atomic E-state index is -0.611. The van der Waals surface area contributed by atoms with E-state index in [1.54, 1.807) is 18.1 Å². The number of benzene rings is 1. The summed E-state index contributed by atoms with van der Waals surface area (Å²) in [6.45, 7) is 0.348. The van der Waals surface area contributed by atoms with Gasteiger partial charge < -0.3 is 14.1 Å². The van der Waals surface area contributed by atoms with Crippen molar-refractivity contribution in [3.8, 4) is 11.3 Å². The van der Waals surface area contributed by atoms with Gasteiger partial charge in [0.15, 0.2) is 6.39 Å². The van der Waals surface area contributed by atoms with Gasteiger partial charge in [-0.1, -0.05) is 6.07 Å². The SMILES string of the molecule is COC1CCC(c2ocnc2-c2ccc3c(c2)CN(C2CCC(=O)NC2=O)C3=O)CC1. The second-order valence-electron chi connectivity index (χ2n) is 8.55. The van der Waals surface area contributed by atoms with Gasteiger partial charge in [-0.05, 0) is 49.8 Å². The highest BCUT2D eigenvalue weighted by atomic mass is 16.5. The molecule has 5 rings (SSSR count). The lowest BCUT2D eigenvalue weighted by Crippen LogP contribution is -2.52. The van der Waals surface area contributed by atoms with Crippen molar-refractivity contribution in [3.63, 3.8) is 0 Å². The molecule has 0 spiro atoms. The number of fused-ring (bicyclic) bond motifs is 1. The van der Waals surface area contributed by atoms with E-state index < -0.39 is 11.9 Å². The van der Waals surface area contributed by atoms with Crippen LogP contribution >= 0.6 is 0 Å². The number of hydrogen-bond acceptors (Lipinski definition) is 6. The van der Waals surface area contributed by atoms with E-state index in [9.17, 15) is 14.4 Å². The molecule has 2 aromatic rings. The zero-order valence-electron chi connectivity index (χ0n) is 17.4. The normalized spacial score (nSPS) is 26.2. The molecule has 2 fully saturated rings. The van der Waals surface area contributed by atoms with Crippen LogP contribution in [0.3, 0.4) is 0 Å². The van der Waals surface area contributed by atoms with Gasteiger partial charge in [0.1, 0.15) is 17.5 Å².